The Morgan fingerprint density at radius 1 is 0.350 bits per heavy atom. The van der Waals surface area contributed by atoms with E-state index < -0.39 is 0 Å². The quantitative estimate of drug-likeness (QED) is 0.169. The molecule has 3 aromatic heterocycles. The van der Waals surface area contributed by atoms with Crippen molar-refractivity contribution in [2.75, 3.05) is 0 Å². The van der Waals surface area contributed by atoms with Gasteiger partial charge in [0.15, 0.2) is 5.82 Å². The Balaban J connectivity index is 1.00. The Kier molecular flexibility index (Phi) is 8.03. The molecule has 12 rings (SSSR count). The SMILES string of the molecule is c1ccc(-c2cccc(-c3cc(-c4ccc(-c5cc6c(oc7cccc(-c8cccc9c8sc8ccccc89)c76)c6ccccc56)cc4)nc(-c4ccccc4)n3)c2)cc1. The number of rotatable bonds is 6. The highest BCUT2D eigenvalue weighted by molar-refractivity contribution is 7.26. The lowest BCUT2D eigenvalue weighted by Gasteiger charge is -2.12. The van der Waals surface area contributed by atoms with Crippen LogP contribution in [0.4, 0.5) is 0 Å². The molecule has 280 valence electrons. The molecule has 0 saturated heterocycles. The summed E-state index contributed by atoms with van der Waals surface area (Å²) in [6.45, 7) is 0. The monoisotopic (exact) mass is 782 g/mol. The molecule has 0 N–H and O–H groups in total. The predicted octanol–water partition coefficient (Wildman–Crippen LogP) is 15.9. The first-order valence-electron chi connectivity index (χ1n) is 20.2. The number of nitrogens with zero attached hydrogens (tertiary/aromatic N) is 2. The van der Waals surface area contributed by atoms with Crippen LogP contribution in [0.15, 0.2) is 211 Å². The summed E-state index contributed by atoms with van der Waals surface area (Å²) >= 11 is 1.86. The van der Waals surface area contributed by atoms with E-state index in [0.29, 0.717) is 5.82 Å². The second-order valence-corrected chi connectivity index (χ2v) is 16.3. The first-order chi connectivity index (χ1) is 29.7. The van der Waals surface area contributed by atoms with E-state index >= 15 is 0 Å². The summed E-state index contributed by atoms with van der Waals surface area (Å²) in [5.41, 5.74) is 13.6. The molecule has 0 fully saturated rings. The highest BCUT2D eigenvalue weighted by Gasteiger charge is 2.20. The Labute approximate surface area is 350 Å². The number of aromatic nitrogens is 2. The molecular formula is C56H34N2OS. The Bertz CT molecular complexity index is 3590. The Morgan fingerprint density at radius 3 is 1.77 bits per heavy atom. The van der Waals surface area contributed by atoms with Gasteiger partial charge in [-0.1, -0.05) is 176 Å². The van der Waals surface area contributed by atoms with Gasteiger partial charge in [0.2, 0.25) is 0 Å². The molecule has 0 aliphatic heterocycles. The van der Waals surface area contributed by atoms with Crippen molar-refractivity contribution in [3.05, 3.63) is 206 Å². The lowest BCUT2D eigenvalue weighted by atomic mass is 9.92. The lowest BCUT2D eigenvalue weighted by molar-refractivity contribution is 0.673. The third-order valence-corrected chi connectivity index (χ3v) is 12.9. The van der Waals surface area contributed by atoms with Crippen LogP contribution >= 0.6 is 11.3 Å². The minimum Gasteiger partial charge on any atom is -0.455 e. The maximum atomic E-state index is 6.78. The first kappa shape index (κ1) is 34.4. The van der Waals surface area contributed by atoms with Crippen LogP contribution < -0.4 is 0 Å². The third-order valence-electron chi connectivity index (χ3n) is 11.7. The number of hydrogen-bond donors (Lipinski definition) is 0. The van der Waals surface area contributed by atoms with Gasteiger partial charge in [0.25, 0.3) is 0 Å². The van der Waals surface area contributed by atoms with Gasteiger partial charge >= 0.3 is 0 Å². The van der Waals surface area contributed by atoms with E-state index in [2.05, 4.69) is 182 Å². The molecule has 9 aromatic carbocycles. The third kappa shape index (κ3) is 5.72. The van der Waals surface area contributed by atoms with Gasteiger partial charge in [-0.25, -0.2) is 9.97 Å². The molecule has 0 atom stereocenters. The molecule has 0 aliphatic rings. The van der Waals surface area contributed by atoms with E-state index in [1.165, 1.54) is 36.9 Å². The fourth-order valence-corrected chi connectivity index (χ4v) is 10.1. The maximum Gasteiger partial charge on any atom is 0.160 e. The van der Waals surface area contributed by atoms with E-state index in [9.17, 15) is 0 Å². The lowest BCUT2D eigenvalue weighted by Crippen LogP contribution is -1.96. The van der Waals surface area contributed by atoms with Crippen molar-refractivity contribution in [2.45, 2.75) is 0 Å². The van der Waals surface area contributed by atoms with E-state index in [1.54, 1.807) is 0 Å². The van der Waals surface area contributed by atoms with Gasteiger partial charge in [0, 0.05) is 58.6 Å². The van der Waals surface area contributed by atoms with E-state index in [0.717, 1.165) is 77.5 Å². The van der Waals surface area contributed by atoms with Crippen LogP contribution in [-0.2, 0) is 0 Å². The van der Waals surface area contributed by atoms with E-state index in [-0.39, 0.29) is 0 Å². The summed E-state index contributed by atoms with van der Waals surface area (Å²) in [6.07, 6.45) is 0. The van der Waals surface area contributed by atoms with Crippen LogP contribution in [0, 0.1) is 0 Å². The highest BCUT2D eigenvalue weighted by atomic mass is 32.1. The summed E-state index contributed by atoms with van der Waals surface area (Å²) in [5.74, 6) is 0.697. The molecule has 3 heterocycles. The molecular weight excluding hydrogens is 749 g/mol. The average molecular weight is 783 g/mol. The van der Waals surface area contributed by atoms with Crippen molar-refractivity contribution in [3.63, 3.8) is 0 Å². The average Bonchev–Trinajstić information content (AvgIpc) is 3.91. The van der Waals surface area contributed by atoms with Gasteiger partial charge in [-0.05, 0) is 63.5 Å². The maximum absolute atomic E-state index is 6.78. The zero-order chi connectivity index (χ0) is 39.6. The second-order valence-electron chi connectivity index (χ2n) is 15.3. The molecule has 60 heavy (non-hydrogen) atoms. The molecule has 4 heteroatoms. The number of benzene rings is 9. The predicted molar refractivity (Wildman–Crippen MR) is 252 cm³/mol. The largest absolute Gasteiger partial charge is 0.455 e. The molecule has 0 radical (unpaired) electrons. The highest BCUT2D eigenvalue weighted by Crippen LogP contribution is 2.46. The van der Waals surface area contributed by atoms with Crippen LogP contribution in [0.1, 0.15) is 0 Å². The Hall–Kier alpha value is -7.66. The fraction of sp³-hybridized carbons (Fsp3) is 0. The summed E-state index contributed by atoms with van der Waals surface area (Å²) in [7, 11) is 0. The second kappa shape index (κ2) is 14.0. The van der Waals surface area contributed by atoms with Crippen molar-refractivity contribution in [2.24, 2.45) is 0 Å². The van der Waals surface area contributed by atoms with Crippen LogP contribution in [0.2, 0.25) is 0 Å². The minimum absolute atomic E-state index is 0.697. The van der Waals surface area contributed by atoms with Gasteiger partial charge < -0.3 is 4.42 Å². The van der Waals surface area contributed by atoms with Crippen molar-refractivity contribution >= 4 is 64.2 Å². The van der Waals surface area contributed by atoms with Crippen molar-refractivity contribution in [1.82, 2.24) is 9.97 Å². The molecule has 0 aliphatic carbocycles. The summed E-state index contributed by atoms with van der Waals surface area (Å²) < 4.78 is 9.38. The normalized spacial score (nSPS) is 11.7. The van der Waals surface area contributed by atoms with Crippen LogP contribution in [0.25, 0.3) is 120 Å². The van der Waals surface area contributed by atoms with Gasteiger partial charge in [0.1, 0.15) is 11.2 Å². The molecule has 3 nitrogen and oxygen atoms in total. The number of furan rings is 1. The molecule has 0 bridgehead atoms. The van der Waals surface area contributed by atoms with Gasteiger partial charge in [0.05, 0.1) is 11.4 Å². The fourth-order valence-electron chi connectivity index (χ4n) is 8.84. The number of thiophene rings is 1. The van der Waals surface area contributed by atoms with Crippen LogP contribution in [-0.4, -0.2) is 9.97 Å². The van der Waals surface area contributed by atoms with Gasteiger partial charge in [-0.15, -0.1) is 11.3 Å². The number of fused-ring (bicyclic) bond motifs is 8. The molecule has 0 amide bonds. The minimum atomic E-state index is 0.697. The van der Waals surface area contributed by atoms with Crippen molar-refractivity contribution in [1.29, 1.82) is 0 Å². The van der Waals surface area contributed by atoms with E-state index in [4.69, 9.17) is 14.4 Å². The van der Waals surface area contributed by atoms with Gasteiger partial charge in [-0.2, -0.15) is 0 Å². The summed E-state index contributed by atoms with van der Waals surface area (Å²) in [4.78, 5) is 10.3. The smallest absolute Gasteiger partial charge is 0.160 e. The van der Waals surface area contributed by atoms with Crippen molar-refractivity contribution < 1.29 is 4.42 Å². The number of hydrogen-bond acceptors (Lipinski definition) is 4. The molecule has 12 aromatic rings. The Morgan fingerprint density at radius 2 is 0.950 bits per heavy atom. The topological polar surface area (TPSA) is 38.9 Å². The summed E-state index contributed by atoms with van der Waals surface area (Å²) in [5, 5.41) is 7.09. The van der Waals surface area contributed by atoms with Crippen LogP contribution in [0.5, 0.6) is 0 Å². The van der Waals surface area contributed by atoms with E-state index in [1.807, 2.05) is 35.6 Å². The molecule has 0 unspecified atom stereocenters. The van der Waals surface area contributed by atoms with Crippen molar-refractivity contribution in [3.8, 4) is 67.3 Å². The molecule has 0 saturated carbocycles. The zero-order valence-corrected chi connectivity index (χ0v) is 33.2. The first-order valence-corrected chi connectivity index (χ1v) is 21.0. The summed E-state index contributed by atoms with van der Waals surface area (Å²) in [6, 6.07) is 73.1. The molecule has 0 spiro atoms. The van der Waals surface area contributed by atoms with Crippen LogP contribution in [0.3, 0.4) is 0 Å². The standard InChI is InChI=1S/C56H34N2OS/c1-3-14-35(15-4-1)39-18-11-19-40(32-39)50-34-49(57-56(58-50)38-16-5-2-6-17-38)37-30-28-36(29-31-37)47-33-48-53-43(23-13-26-51(53)59-54(48)44-22-8-7-20-41(44)47)46-25-12-24-45-42-21-9-10-27-52(42)60-55(45)46/h1-34H. The van der Waals surface area contributed by atoms with Gasteiger partial charge in [-0.3, -0.25) is 0 Å². The zero-order valence-electron chi connectivity index (χ0n) is 32.3.